The van der Waals surface area contributed by atoms with Crippen LogP contribution in [0.25, 0.3) is 0 Å². The third-order valence-electron chi connectivity index (χ3n) is 3.12. The number of amides is 1. The van der Waals surface area contributed by atoms with Gasteiger partial charge < -0.3 is 10.4 Å². The van der Waals surface area contributed by atoms with Crippen molar-refractivity contribution in [3.8, 4) is 0 Å². The van der Waals surface area contributed by atoms with Crippen molar-refractivity contribution in [3.05, 3.63) is 64.9 Å². The average Bonchev–Trinajstić information content (AvgIpc) is 2.48. The molecule has 5 heteroatoms. The first-order chi connectivity index (χ1) is 9.57. The number of carbonyl (C=O) groups excluding carboxylic acids is 1. The van der Waals surface area contributed by atoms with Gasteiger partial charge in [0.2, 0.25) is 0 Å². The molecule has 1 unspecified atom stereocenters. The molecule has 0 radical (unpaired) electrons. The van der Waals surface area contributed by atoms with Gasteiger partial charge in [-0.05, 0) is 24.6 Å². The highest BCUT2D eigenvalue weighted by Crippen LogP contribution is 2.21. The van der Waals surface area contributed by atoms with Crippen LogP contribution in [0.3, 0.4) is 0 Å². The van der Waals surface area contributed by atoms with Crippen LogP contribution in [0.4, 0.5) is 0 Å². The molecule has 0 spiro atoms. The molecule has 0 saturated heterocycles. The number of aliphatic hydroxyl groups excluding tert-OH is 1. The Kier molecular flexibility index (Phi) is 4.37. The molecule has 1 aromatic carbocycles. The van der Waals surface area contributed by atoms with Crippen LogP contribution >= 0.6 is 11.6 Å². The second kappa shape index (κ2) is 6.03. The van der Waals surface area contributed by atoms with Gasteiger partial charge in [0.1, 0.15) is 5.15 Å². The van der Waals surface area contributed by atoms with Crippen molar-refractivity contribution in [2.45, 2.75) is 12.5 Å². The van der Waals surface area contributed by atoms with Gasteiger partial charge in [-0.1, -0.05) is 41.9 Å². The van der Waals surface area contributed by atoms with Gasteiger partial charge in [0, 0.05) is 6.20 Å². The number of carbonyl (C=O) groups is 1. The Balaban J connectivity index is 2.27. The van der Waals surface area contributed by atoms with Gasteiger partial charge >= 0.3 is 0 Å². The van der Waals surface area contributed by atoms with Crippen molar-refractivity contribution in [3.63, 3.8) is 0 Å². The Morgan fingerprint density at radius 1 is 1.30 bits per heavy atom. The predicted octanol–water partition coefficient (Wildman–Crippen LogP) is 2.37. The number of hydrogen-bond donors (Lipinski definition) is 2. The lowest BCUT2D eigenvalue weighted by Crippen LogP contribution is -2.46. The SMILES string of the molecule is CC(CO)(NC(=O)c1cccnc1Cl)c1ccccc1. The van der Waals surface area contributed by atoms with Crippen molar-refractivity contribution in [1.82, 2.24) is 10.3 Å². The van der Waals surface area contributed by atoms with Crippen LogP contribution in [0.15, 0.2) is 48.7 Å². The van der Waals surface area contributed by atoms with E-state index in [9.17, 15) is 9.90 Å². The Hall–Kier alpha value is -1.91. The number of nitrogens with one attached hydrogen (secondary N) is 1. The van der Waals surface area contributed by atoms with Gasteiger partial charge in [-0.3, -0.25) is 4.79 Å². The normalized spacial score (nSPS) is 13.6. The van der Waals surface area contributed by atoms with Crippen molar-refractivity contribution >= 4 is 17.5 Å². The van der Waals surface area contributed by atoms with E-state index in [4.69, 9.17) is 11.6 Å². The van der Waals surface area contributed by atoms with Gasteiger partial charge in [-0.15, -0.1) is 0 Å². The number of halogens is 1. The first-order valence-corrected chi connectivity index (χ1v) is 6.54. The molecule has 2 rings (SSSR count). The molecular formula is C15H15ClN2O2. The maximum absolute atomic E-state index is 12.3. The molecule has 1 aromatic heterocycles. The summed E-state index contributed by atoms with van der Waals surface area (Å²) in [6.07, 6.45) is 1.52. The summed E-state index contributed by atoms with van der Waals surface area (Å²) < 4.78 is 0. The van der Waals surface area contributed by atoms with Crippen LogP contribution in [-0.4, -0.2) is 22.6 Å². The molecular weight excluding hydrogens is 276 g/mol. The molecule has 0 aliphatic carbocycles. The number of hydrogen-bond acceptors (Lipinski definition) is 3. The van der Waals surface area contributed by atoms with Crippen LogP contribution < -0.4 is 5.32 Å². The quantitative estimate of drug-likeness (QED) is 0.850. The largest absolute Gasteiger partial charge is 0.394 e. The summed E-state index contributed by atoms with van der Waals surface area (Å²) in [6.45, 7) is 1.53. The highest BCUT2D eigenvalue weighted by Gasteiger charge is 2.28. The van der Waals surface area contributed by atoms with Crippen LogP contribution in [0.2, 0.25) is 5.15 Å². The topological polar surface area (TPSA) is 62.2 Å². The van der Waals surface area contributed by atoms with Crippen molar-refractivity contribution in [2.75, 3.05) is 6.61 Å². The summed E-state index contributed by atoms with van der Waals surface area (Å²) >= 11 is 5.90. The fraction of sp³-hybridized carbons (Fsp3) is 0.200. The second-order valence-corrected chi connectivity index (χ2v) is 5.01. The molecule has 0 aliphatic heterocycles. The Morgan fingerprint density at radius 3 is 2.60 bits per heavy atom. The van der Waals surface area contributed by atoms with Crippen LogP contribution in [0, 0.1) is 0 Å². The molecule has 0 saturated carbocycles. The van der Waals surface area contributed by atoms with E-state index in [-0.39, 0.29) is 23.2 Å². The third kappa shape index (κ3) is 2.98. The summed E-state index contributed by atoms with van der Waals surface area (Å²) in [5, 5.41) is 12.6. The number of aromatic nitrogens is 1. The maximum atomic E-state index is 12.3. The second-order valence-electron chi connectivity index (χ2n) is 4.65. The zero-order valence-corrected chi connectivity index (χ0v) is 11.8. The molecule has 20 heavy (non-hydrogen) atoms. The molecule has 1 atom stereocenters. The maximum Gasteiger partial charge on any atom is 0.255 e. The van der Waals surface area contributed by atoms with Crippen molar-refractivity contribution in [2.24, 2.45) is 0 Å². The standard InChI is InChI=1S/C15H15ClN2O2/c1-15(10-19,11-6-3-2-4-7-11)18-14(20)12-8-5-9-17-13(12)16/h2-9,19H,10H2,1H3,(H,18,20). The lowest BCUT2D eigenvalue weighted by atomic mass is 9.92. The molecule has 4 nitrogen and oxygen atoms in total. The van der Waals surface area contributed by atoms with E-state index in [1.165, 1.54) is 6.20 Å². The first kappa shape index (κ1) is 14.5. The molecule has 1 amide bonds. The van der Waals surface area contributed by atoms with E-state index >= 15 is 0 Å². The lowest BCUT2D eigenvalue weighted by molar-refractivity contribution is 0.0849. The fourth-order valence-corrected chi connectivity index (χ4v) is 2.09. The fourth-order valence-electron chi connectivity index (χ4n) is 1.88. The minimum Gasteiger partial charge on any atom is -0.394 e. The van der Waals surface area contributed by atoms with E-state index in [1.54, 1.807) is 19.1 Å². The zero-order valence-electron chi connectivity index (χ0n) is 11.0. The van der Waals surface area contributed by atoms with Gasteiger partial charge in [0.25, 0.3) is 5.91 Å². The number of rotatable bonds is 4. The number of pyridine rings is 1. The predicted molar refractivity (Wildman–Crippen MR) is 77.6 cm³/mol. The highest BCUT2D eigenvalue weighted by molar-refractivity contribution is 6.32. The minimum absolute atomic E-state index is 0.137. The smallest absolute Gasteiger partial charge is 0.255 e. The van der Waals surface area contributed by atoms with Crippen molar-refractivity contribution in [1.29, 1.82) is 0 Å². The third-order valence-corrected chi connectivity index (χ3v) is 3.42. The molecule has 2 aromatic rings. The van der Waals surface area contributed by atoms with Gasteiger partial charge in [0.05, 0.1) is 17.7 Å². The average molecular weight is 291 g/mol. The van der Waals surface area contributed by atoms with E-state index in [2.05, 4.69) is 10.3 Å². The molecule has 0 aliphatic rings. The van der Waals surface area contributed by atoms with Crippen LogP contribution in [0.1, 0.15) is 22.8 Å². The monoisotopic (exact) mass is 290 g/mol. The van der Waals surface area contributed by atoms with Crippen LogP contribution in [-0.2, 0) is 5.54 Å². The Labute approximate surface area is 122 Å². The Bertz CT molecular complexity index is 604. The molecule has 0 bridgehead atoms. The van der Waals surface area contributed by atoms with Gasteiger partial charge in [-0.25, -0.2) is 4.98 Å². The molecule has 2 N–H and O–H groups in total. The van der Waals surface area contributed by atoms with E-state index in [1.807, 2.05) is 30.3 Å². The number of aliphatic hydroxyl groups is 1. The van der Waals surface area contributed by atoms with Crippen LogP contribution in [0.5, 0.6) is 0 Å². The highest BCUT2D eigenvalue weighted by atomic mass is 35.5. The summed E-state index contributed by atoms with van der Waals surface area (Å²) in [5.41, 5.74) is 0.220. The lowest BCUT2D eigenvalue weighted by Gasteiger charge is -2.29. The van der Waals surface area contributed by atoms with Gasteiger partial charge in [-0.2, -0.15) is 0 Å². The molecule has 1 heterocycles. The zero-order chi connectivity index (χ0) is 14.6. The van der Waals surface area contributed by atoms with E-state index in [0.29, 0.717) is 0 Å². The van der Waals surface area contributed by atoms with Gasteiger partial charge in [0.15, 0.2) is 0 Å². The summed E-state index contributed by atoms with van der Waals surface area (Å²) in [4.78, 5) is 16.1. The first-order valence-electron chi connectivity index (χ1n) is 6.16. The summed E-state index contributed by atoms with van der Waals surface area (Å²) in [6, 6.07) is 12.5. The minimum atomic E-state index is -0.877. The van der Waals surface area contributed by atoms with E-state index in [0.717, 1.165) is 5.56 Å². The summed E-state index contributed by atoms with van der Waals surface area (Å²) in [5.74, 6) is -0.372. The number of nitrogens with zero attached hydrogens (tertiary/aromatic N) is 1. The molecule has 104 valence electrons. The van der Waals surface area contributed by atoms with E-state index < -0.39 is 5.54 Å². The van der Waals surface area contributed by atoms with Crippen molar-refractivity contribution < 1.29 is 9.90 Å². The number of benzene rings is 1. The molecule has 0 fully saturated rings. The summed E-state index contributed by atoms with van der Waals surface area (Å²) in [7, 11) is 0. The Morgan fingerprint density at radius 2 is 2.00 bits per heavy atom.